The molecular formula is C16H19NO4. The van der Waals surface area contributed by atoms with Crippen LogP contribution in [-0.4, -0.2) is 43.8 Å². The summed E-state index contributed by atoms with van der Waals surface area (Å²) >= 11 is 0. The molecule has 0 aliphatic carbocycles. The second-order valence-corrected chi connectivity index (χ2v) is 6.06. The molecule has 112 valence electrons. The normalized spacial score (nSPS) is 26.1. The predicted octanol–water partition coefficient (Wildman–Crippen LogP) is 1.55. The predicted molar refractivity (Wildman–Crippen MR) is 76.1 cm³/mol. The number of fused-ring (bicyclic) bond motifs is 1. The highest BCUT2D eigenvalue weighted by Gasteiger charge is 2.41. The quantitative estimate of drug-likeness (QED) is 0.856. The van der Waals surface area contributed by atoms with Crippen LogP contribution in [0.4, 0.5) is 0 Å². The second kappa shape index (κ2) is 5.00. The lowest BCUT2D eigenvalue weighted by Gasteiger charge is -2.40. The van der Waals surface area contributed by atoms with Crippen LogP contribution in [0.5, 0.6) is 11.5 Å². The molecular weight excluding hydrogens is 270 g/mol. The van der Waals surface area contributed by atoms with Crippen LogP contribution in [0.1, 0.15) is 29.6 Å². The second-order valence-electron chi connectivity index (χ2n) is 6.06. The third-order valence-electron chi connectivity index (χ3n) is 4.42. The Morgan fingerprint density at radius 1 is 1.33 bits per heavy atom. The standard InChI is InChI=1S/C16H19NO4/c18-14-8-16(3-5-17-6-4-16)21-15-7-11(1-2-13(14)15)19-9-12-10-20-12/h1-2,7,12,17H,3-6,8-10H2. The molecule has 0 bridgehead atoms. The molecule has 1 unspecified atom stereocenters. The minimum absolute atomic E-state index is 0.176. The van der Waals surface area contributed by atoms with E-state index < -0.39 is 0 Å². The first kappa shape index (κ1) is 13.1. The molecule has 0 saturated carbocycles. The number of benzene rings is 1. The zero-order valence-electron chi connectivity index (χ0n) is 11.9. The smallest absolute Gasteiger partial charge is 0.170 e. The zero-order valence-corrected chi connectivity index (χ0v) is 11.9. The molecule has 1 N–H and O–H groups in total. The summed E-state index contributed by atoms with van der Waals surface area (Å²) in [7, 11) is 0. The number of carbonyl (C=O) groups excluding carboxylic acids is 1. The maximum Gasteiger partial charge on any atom is 0.170 e. The lowest BCUT2D eigenvalue weighted by atomic mass is 9.83. The summed E-state index contributed by atoms with van der Waals surface area (Å²) in [4.78, 5) is 12.4. The molecule has 3 aliphatic heterocycles. The van der Waals surface area contributed by atoms with Crippen LogP contribution in [-0.2, 0) is 4.74 Å². The summed E-state index contributed by atoms with van der Waals surface area (Å²) in [5, 5.41) is 3.32. The van der Waals surface area contributed by atoms with Gasteiger partial charge < -0.3 is 19.5 Å². The third-order valence-corrected chi connectivity index (χ3v) is 4.42. The maximum absolute atomic E-state index is 12.4. The van der Waals surface area contributed by atoms with Crippen molar-refractivity contribution < 1.29 is 19.0 Å². The fourth-order valence-electron chi connectivity index (χ4n) is 3.08. The molecule has 3 heterocycles. The van der Waals surface area contributed by atoms with Crippen molar-refractivity contribution in [3.05, 3.63) is 23.8 Å². The Bertz CT molecular complexity index is 561. The van der Waals surface area contributed by atoms with Gasteiger partial charge in [0.2, 0.25) is 0 Å². The van der Waals surface area contributed by atoms with Crippen molar-refractivity contribution in [2.24, 2.45) is 0 Å². The van der Waals surface area contributed by atoms with E-state index in [4.69, 9.17) is 14.2 Å². The molecule has 5 heteroatoms. The van der Waals surface area contributed by atoms with E-state index in [9.17, 15) is 4.79 Å². The number of epoxide rings is 1. The molecule has 3 aliphatic rings. The van der Waals surface area contributed by atoms with Gasteiger partial charge in [0.15, 0.2) is 5.78 Å². The van der Waals surface area contributed by atoms with Gasteiger partial charge in [-0.1, -0.05) is 0 Å². The van der Waals surface area contributed by atoms with E-state index in [-0.39, 0.29) is 17.5 Å². The van der Waals surface area contributed by atoms with Gasteiger partial charge in [-0.05, 0) is 25.2 Å². The van der Waals surface area contributed by atoms with Crippen molar-refractivity contribution in [1.82, 2.24) is 5.32 Å². The highest BCUT2D eigenvalue weighted by molar-refractivity contribution is 6.00. The number of hydrogen-bond acceptors (Lipinski definition) is 5. The summed E-state index contributed by atoms with van der Waals surface area (Å²) in [6, 6.07) is 5.50. The van der Waals surface area contributed by atoms with E-state index in [0.717, 1.165) is 38.3 Å². The average Bonchev–Trinajstić information content (AvgIpc) is 3.29. The van der Waals surface area contributed by atoms with Crippen LogP contribution in [0.2, 0.25) is 0 Å². The number of nitrogens with one attached hydrogen (secondary N) is 1. The molecule has 2 fully saturated rings. The van der Waals surface area contributed by atoms with Gasteiger partial charge in [-0.15, -0.1) is 0 Å². The first-order valence-electron chi connectivity index (χ1n) is 7.56. The SMILES string of the molecule is O=C1CC2(CCNCC2)Oc2cc(OCC3CO3)ccc21. The molecule has 2 saturated heterocycles. The molecule has 0 radical (unpaired) electrons. The number of ether oxygens (including phenoxy) is 3. The van der Waals surface area contributed by atoms with Crippen LogP contribution in [0.15, 0.2) is 18.2 Å². The Morgan fingerprint density at radius 2 is 2.14 bits per heavy atom. The molecule has 1 aromatic carbocycles. The van der Waals surface area contributed by atoms with Crippen LogP contribution < -0.4 is 14.8 Å². The van der Waals surface area contributed by atoms with Gasteiger partial charge in [-0.3, -0.25) is 4.79 Å². The number of piperidine rings is 1. The Balaban J connectivity index is 1.57. The van der Waals surface area contributed by atoms with E-state index in [1.807, 2.05) is 18.2 Å². The zero-order chi connectivity index (χ0) is 14.3. The van der Waals surface area contributed by atoms with E-state index >= 15 is 0 Å². The molecule has 0 amide bonds. The Hall–Kier alpha value is -1.59. The van der Waals surface area contributed by atoms with Crippen LogP contribution in [0.3, 0.4) is 0 Å². The van der Waals surface area contributed by atoms with Crippen molar-refractivity contribution in [2.75, 3.05) is 26.3 Å². The minimum atomic E-state index is -0.326. The van der Waals surface area contributed by atoms with E-state index in [0.29, 0.717) is 24.3 Å². The Kier molecular flexibility index (Phi) is 3.12. The van der Waals surface area contributed by atoms with Crippen molar-refractivity contribution in [2.45, 2.75) is 31.0 Å². The molecule has 5 nitrogen and oxygen atoms in total. The summed E-state index contributed by atoms with van der Waals surface area (Å²) in [6.07, 6.45) is 2.45. The van der Waals surface area contributed by atoms with Gasteiger partial charge in [0.05, 0.1) is 18.6 Å². The van der Waals surface area contributed by atoms with E-state index in [1.165, 1.54) is 0 Å². The molecule has 1 atom stereocenters. The largest absolute Gasteiger partial charge is 0.491 e. The van der Waals surface area contributed by atoms with Crippen molar-refractivity contribution >= 4 is 5.78 Å². The number of carbonyl (C=O) groups is 1. The van der Waals surface area contributed by atoms with Gasteiger partial charge >= 0.3 is 0 Å². The monoisotopic (exact) mass is 289 g/mol. The van der Waals surface area contributed by atoms with Gasteiger partial charge in [0.1, 0.15) is 29.8 Å². The molecule has 1 aromatic rings. The molecule has 21 heavy (non-hydrogen) atoms. The summed E-state index contributed by atoms with van der Waals surface area (Å²) in [6.45, 7) is 3.13. The summed E-state index contributed by atoms with van der Waals surface area (Å²) in [5.74, 6) is 1.58. The van der Waals surface area contributed by atoms with Crippen molar-refractivity contribution in [3.8, 4) is 11.5 Å². The average molecular weight is 289 g/mol. The number of Topliss-reactive ketones (excluding diaryl/α,β-unsaturated/α-hetero) is 1. The lowest BCUT2D eigenvalue weighted by Crippen LogP contribution is -2.49. The minimum Gasteiger partial charge on any atom is -0.491 e. The van der Waals surface area contributed by atoms with Crippen LogP contribution in [0.25, 0.3) is 0 Å². The van der Waals surface area contributed by atoms with Crippen LogP contribution >= 0.6 is 0 Å². The van der Waals surface area contributed by atoms with Crippen LogP contribution in [0, 0.1) is 0 Å². The highest BCUT2D eigenvalue weighted by atomic mass is 16.6. The topological polar surface area (TPSA) is 60.1 Å². The lowest BCUT2D eigenvalue weighted by molar-refractivity contribution is 0.0185. The van der Waals surface area contributed by atoms with Gasteiger partial charge in [-0.2, -0.15) is 0 Å². The van der Waals surface area contributed by atoms with E-state index in [2.05, 4.69) is 5.32 Å². The number of ketones is 1. The number of rotatable bonds is 3. The highest BCUT2D eigenvalue weighted by Crippen LogP contribution is 2.39. The molecule has 0 aromatic heterocycles. The number of hydrogen-bond donors (Lipinski definition) is 1. The first-order chi connectivity index (χ1) is 10.2. The Labute approximate surface area is 123 Å². The molecule has 4 rings (SSSR count). The first-order valence-corrected chi connectivity index (χ1v) is 7.56. The van der Waals surface area contributed by atoms with E-state index in [1.54, 1.807) is 0 Å². The van der Waals surface area contributed by atoms with Gasteiger partial charge in [-0.25, -0.2) is 0 Å². The van der Waals surface area contributed by atoms with Crippen molar-refractivity contribution in [1.29, 1.82) is 0 Å². The fraction of sp³-hybridized carbons (Fsp3) is 0.562. The fourth-order valence-corrected chi connectivity index (χ4v) is 3.08. The maximum atomic E-state index is 12.4. The van der Waals surface area contributed by atoms with Crippen molar-refractivity contribution in [3.63, 3.8) is 0 Å². The Morgan fingerprint density at radius 3 is 2.90 bits per heavy atom. The van der Waals surface area contributed by atoms with Gasteiger partial charge in [0, 0.05) is 18.9 Å². The van der Waals surface area contributed by atoms with Gasteiger partial charge in [0.25, 0.3) is 0 Å². The summed E-state index contributed by atoms with van der Waals surface area (Å²) < 4.78 is 17.0. The third kappa shape index (κ3) is 2.63. The molecule has 1 spiro atoms. The summed E-state index contributed by atoms with van der Waals surface area (Å²) in [5.41, 5.74) is 0.349.